The van der Waals surface area contributed by atoms with Gasteiger partial charge in [-0.2, -0.15) is 0 Å². The maximum Gasteiger partial charge on any atom is 0.339 e. The van der Waals surface area contributed by atoms with Crippen LogP contribution in [0.3, 0.4) is 0 Å². The van der Waals surface area contributed by atoms with E-state index in [9.17, 15) is 9.90 Å². The van der Waals surface area contributed by atoms with E-state index in [4.69, 9.17) is 0 Å². The van der Waals surface area contributed by atoms with Crippen LogP contribution in [0.25, 0.3) is 0 Å². The Morgan fingerprint density at radius 2 is 2.24 bits per heavy atom. The number of carboxylic acids is 1. The third-order valence-electron chi connectivity index (χ3n) is 3.55. The number of hydrogen-bond donors (Lipinski definition) is 2. The minimum atomic E-state index is -0.960. The molecule has 0 spiro atoms. The number of nitrogens with zero attached hydrogens (tertiary/aromatic N) is 3. The van der Waals surface area contributed by atoms with Crippen LogP contribution in [0.2, 0.25) is 0 Å². The summed E-state index contributed by atoms with van der Waals surface area (Å²) in [5, 5.41) is 12.4. The highest BCUT2D eigenvalue weighted by molar-refractivity contribution is 5.93. The SMILES string of the molecule is Cc1nccc(CNc2nc3c(cc2C(=O)O)CCC3)n1. The van der Waals surface area contributed by atoms with Crippen molar-refractivity contribution in [3.63, 3.8) is 0 Å². The van der Waals surface area contributed by atoms with Crippen LogP contribution < -0.4 is 5.32 Å². The minimum absolute atomic E-state index is 0.224. The summed E-state index contributed by atoms with van der Waals surface area (Å²) in [5.41, 5.74) is 3.08. The van der Waals surface area contributed by atoms with Crippen LogP contribution in [0.15, 0.2) is 18.3 Å². The first-order valence-electron chi connectivity index (χ1n) is 6.92. The average Bonchev–Trinajstić information content (AvgIpc) is 2.91. The Kier molecular flexibility index (Phi) is 3.51. The first-order chi connectivity index (χ1) is 10.1. The van der Waals surface area contributed by atoms with Crippen LogP contribution in [-0.4, -0.2) is 26.0 Å². The number of aryl methyl sites for hydroxylation is 3. The van der Waals surface area contributed by atoms with E-state index in [-0.39, 0.29) is 5.56 Å². The van der Waals surface area contributed by atoms with Crippen LogP contribution in [0.4, 0.5) is 5.82 Å². The lowest BCUT2D eigenvalue weighted by Crippen LogP contribution is -2.11. The largest absolute Gasteiger partial charge is 0.478 e. The monoisotopic (exact) mass is 284 g/mol. The lowest BCUT2D eigenvalue weighted by Gasteiger charge is -2.11. The summed E-state index contributed by atoms with van der Waals surface area (Å²) in [4.78, 5) is 24.2. The van der Waals surface area contributed by atoms with E-state index in [1.165, 1.54) is 0 Å². The van der Waals surface area contributed by atoms with E-state index in [2.05, 4.69) is 20.3 Å². The first kappa shape index (κ1) is 13.5. The molecule has 2 aromatic rings. The van der Waals surface area contributed by atoms with Gasteiger partial charge in [0.25, 0.3) is 0 Å². The van der Waals surface area contributed by atoms with Gasteiger partial charge in [-0.3, -0.25) is 0 Å². The molecule has 21 heavy (non-hydrogen) atoms. The van der Waals surface area contributed by atoms with Crippen molar-refractivity contribution < 1.29 is 9.90 Å². The van der Waals surface area contributed by atoms with Crippen LogP contribution in [0.1, 0.15) is 39.6 Å². The normalized spacial score (nSPS) is 13.0. The first-order valence-corrected chi connectivity index (χ1v) is 6.92. The zero-order valence-corrected chi connectivity index (χ0v) is 11.8. The summed E-state index contributed by atoms with van der Waals surface area (Å²) < 4.78 is 0. The molecule has 3 rings (SSSR count). The summed E-state index contributed by atoms with van der Waals surface area (Å²) in [7, 11) is 0. The van der Waals surface area contributed by atoms with Crippen LogP contribution in [0, 0.1) is 6.92 Å². The number of aromatic carboxylic acids is 1. The molecule has 1 aliphatic carbocycles. The molecule has 2 N–H and O–H groups in total. The Labute approximate surface area is 122 Å². The molecule has 1 aliphatic rings. The molecule has 0 unspecified atom stereocenters. The van der Waals surface area contributed by atoms with Gasteiger partial charge in [0, 0.05) is 11.9 Å². The van der Waals surface area contributed by atoms with Gasteiger partial charge in [-0.1, -0.05) is 0 Å². The number of pyridine rings is 1. The highest BCUT2D eigenvalue weighted by atomic mass is 16.4. The molecule has 2 heterocycles. The number of carboxylic acid groups (broad SMARTS) is 1. The molecular formula is C15H16N4O2. The van der Waals surface area contributed by atoms with Crippen LogP contribution in [0.5, 0.6) is 0 Å². The van der Waals surface area contributed by atoms with Crippen LogP contribution in [-0.2, 0) is 19.4 Å². The number of fused-ring (bicyclic) bond motifs is 1. The maximum absolute atomic E-state index is 11.4. The van der Waals surface area contributed by atoms with Crippen molar-refractivity contribution in [3.05, 3.63) is 46.7 Å². The summed E-state index contributed by atoms with van der Waals surface area (Å²) in [6.07, 6.45) is 4.55. The molecule has 0 radical (unpaired) electrons. The topological polar surface area (TPSA) is 88.0 Å². The van der Waals surface area contributed by atoms with Gasteiger partial charge in [-0.15, -0.1) is 0 Å². The van der Waals surface area contributed by atoms with E-state index in [1.54, 1.807) is 18.3 Å². The predicted molar refractivity (Wildman–Crippen MR) is 77.3 cm³/mol. The zero-order valence-electron chi connectivity index (χ0n) is 11.8. The second-order valence-electron chi connectivity index (χ2n) is 5.10. The van der Waals surface area contributed by atoms with Gasteiger partial charge in [0.2, 0.25) is 0 Å². The summed E-state index contributed by atoms with van der Waals surface area (Å²) in [6, 6.07) is 3.54. The van der Waals surface area contributed by atoms with E-state index in [1.807, 2.05) is 6.92 Å². The lowest BCUT2D eigenvalue weighted by atomic mass is 10.1. The Morgan fingerprint density at radius 3 is 3.00 bits per heavy atom. The number of carbonyl (C=O) groups is 1. The standard InChI is InChI=1S/C15H16N4O2/c1-9-16-6-5-11(18-9)8-17-14-12(15(20)21)7-10-3-2-4-13(10)19-14/h5-7H,2-4,8H2,1H3,(H,17,19)(H,20,21). The minimum Gasteiger partial charge on any atom is -0.478 e. The van der Waals surface area contributed by atoms with Crippen LogP contribution >= 0.6 is 0 Å². The molecular weight excluding hydrogens is 268 g/mol. The molecule has 0 aromatic carbocycles. The highest BCUT2D eigenvalue weighted by Crippen LogP contribution is 2.25. The van der Waals surface area contributed by atoms with Gasteiger partial charge in [0.15, 0.2) is 0 Å². The number of nitrogens with one attached hydrogen (secondary N) is 1. The number of hydrogen-bond acceptors (Lipinski definition) is 5. The molecule has 6 nitrogen and oxygen atoms in total. The Balaban J connectivity index is 1.86. The van der Waals surface area contributed by atoms with Crippen molar-refractivity contribution in [2.45, 2.75) is 32.7 Å². The third-order valence-corrected chi connectivity index (χ3v) is 3.55. The van der Waals surface area contributed by atoms with Gasteiger partial charge >= 0.3 is 5.97 Å². The van der Waals surface area contributed by atoms with Crippen molar-refractivity contribution in [2.24, 2.45) is 0 Å². The van der Waals surface area contributed by atoms with Crippen molar-refractivity contribution >= 4 is 11.8 Å². The van der Waals surface area contributed by atoms with Crippen molar-refractivity contribution in [1.82, 2.24) is 15.0 Å². The van der Waals surface area contributed by atoms with Gasteiger partial charge < -0.3 is 10.4 Å². The Morgan fingerprint density at radius 1 is 1.38 bits per heavy atom. The van der Waals surface area contributed by atoms with E-state index < -0.39 is 5.97 Å². The molecule has 2 aromatic heterocycles. The second kappa shape index (κ2) is 5.47. The van der Waals surface area contributed by atoms with Gasteiger partial charge in [-0.25, -0.2) is 19.7 Å². The molecule has 0 bridgehead atoms. The molecule has 0 saturated carbocycles. The molecule has 0 aliphatic heterocycles. The lowest BCUT2D eigenvalue weighted by molar-refractivity contribution is 0.0697. The van der Waals surface area contributed by atoms with Gasteiger partial charge in [-0.05, 0) is 43.9 Å². The molecule has 0 atom stereocenters. The average molecular weight is 284 g/mol. The molecule has 6 heteroatoms. The number of rotatable bonds is 4. The fraction of sp³-hybridized carbons (Fsp3) is 0.333. The summed E-state index contributed by atoms with van der Waals surface area (Å²) in [6.45, 7) is 2.25. The van der Waals surface area contributed by atoms with Gasteiger partial charge in [0.1, 0.15) is 17.2 Å². The quantitative estimate of drug-likeness (QED) is 0.892. The van der Waals surface area contributed by atoms with Gasteiger partial charge in [0.05, 0.1) is 12.2 Å². The van der Waals surface area contributed by atoms with Crippen molar-refractivity contribution in [1.29, 1.82) is 0 Å². The fourth-order valence-electron chi connectivity index (χ4n) is 2.55. The van der Waals surface area contributed by atoms with Crippen molar-refractivity contribution in [2.75, 3.05) is 5.32 Å². The Bertz CT molecular complexity index is 700. The zero-order chi connectivity index (χ0) is 14.8. The van der Waals surface area contributed by atoms with E-state index in [0.29, 0.717) is 18.2 Å². The molecule has 0 fully saturated rings. The Hall–Kier alpha value is -2.50. The smallest absolute Gasteiger partial charge is 0.339 e. The highest BCUT2D eigenvalue weighted by Gasteiger charge is 2.19. The van der Waals surface area contributed by atoms with E-state index >= 15 is 0 Å². The number of anilines is 1. The molecule has 0 amide bonds. The molecule has 108 valence electrons. The van der Waals surface area contributed by atoms with E-state index in [0.717, 1.165) is 36.2 Å². The van der Waals surface area contributed by atoms with Crippen molar-refractivity contribution in [3.8, 4) is 0 Å². The third kappa shape index (κ3) is 2.84. The summed E-state index contributed by atoms with van der Waals surface area (Å²) in [5.74, 6) is 0.146. The maximum atomic E-state index is 11.4. The predicted octanol–water partition coefficient (Wildman–Crippen LogP) is 1.98. The fourth-order valence-corrected chi connectivity index (χ4v) is 2.55. The second-order valence-corrected chi connectivity index (χ2v) is 5.10. The number of aromatic nitrogens is 3. The molecule has 0 saturated heterocycles. The summed E-state index contributed by atoms with van der Waals surface area (Å²) >= 11 is 0.